The summed E-state index contributed by atoms with van der Waals surface area (Å²) in [5, 5.41) is 11.4. The second-order valence-electron chi connectivity index (χ2n) is 8.60. The summed E-state index contributed by atoms with van der Waals surface area (Å²) in [4.78, 5) is 28.9. The van der Waals surface area contributed by atoms with Crippen LogP contribution in [0.15, 0.2) is 72.8 Å². The summed E-state index contributed by atoms with van der Waals surface area (Å²) in [6.07, 6.45) is 3.30. The molecule has 2 aliphatic rings. The van der Waals surface area contributed by atoms with Gasteiger partial charge in [-0.1, -0.05) is 47.5 Å². The van der Waals surface area contributed by atoms with Gasteiger partial charge in [0.15, 0.2) is 11.2 Å². The molecule has 3 aromatic rings. The quantitative estimate of drug-likeness (QED) is 0.482. The van der Waals surface area contributed by atoms with Crippen LogP contribution in [0.3, 0.4) is 0 Å². The minimum Gasteiger partial charge on any atom is -0.368 e. The normalized spacial score (nSPS) is 24.4. The molecule has 0 aliphatic carbocycles. The van der Waals surface area contributed by atoms with Crippen molar-refractivity contribution in [2.24, 2.45) is 11.1 Å². The van der Waals surface area contributed by atoms with Gasteiger partial charge >= 0.3 is 0 Å². The van der Waals surface area contributed by atoms with Crippen LogP contribution in [0.1, 0.15) is 27.4 Å². The van der Waals surface area contributed by atoms with E-state index in [2.05, 4.69) is 6.07 Å². The van der Waals surface area contributed by atoms with Gasteiger partial charge in [-0.15, -0.1) is 0 Å². The second-order valence-corrected chi connectivity index (χ2v) is 9.48. The van der Waals surface area contributed by atoms with Gasteiger partial charge < -0.3 is 10.6 Å². The molecule has 5 rings (SSSR count). The lowest BCUT2D eigenvalue weighted by atomic mass is 9.67. The molecule has 5 nitrogen and oxygen atoms in total. The Hall–Kier alpha value is -3.66. The molecular weight excluding hydrogens is 488 g/mol. The number of benzene rings is 3. The fraction of sp³-hybridized carbons (Fsp3) is 0.148. The zero-order chi connectivity index (χ0) is 24.9. The molecule has 1 amide bonds. The maximum absolute atomic E-state index is 14.1. The summed E-state index contributed by atoms with van der Waals surface area (Å²) in [7, 11) is 0. The van der Waals surface area contributed by atoms with Crippen molar-refractivity contribution in [3.63, 3.8) is 0 Å². The number of Topliss-reactive ketones (excluding diaryl/α,β-unsaturated/α-hetero) is 1. The van der Waals surface area contributed by atoms with Gasteiger partial charge in [0.2, 0.25) is 5.91 Å². The van der Waals surface area contributed by atoms with E-state index in [1.165, 1.54) is 12.1 Å². The summed E-state index contributed by atoms with van der Waals surface area (Å²) in [6.45, 7) is 0. The molecule has 2 heterocycles. The van der Waals surface area contributed by atoms with Crippen LogP contribution in [0.25, 0.3) is 6.08 Å². The van der Waals surface area contributed by atoms with E-state index in [0.717, 1.165) is 0 Å². The predicted octanol–water partition coefficient (Wildman–Crippen LogP) is 5.38. The number of nitrogens with two attached hydrogens (primary N) is 1. The smallest absolute Gasteiger partial charge is 0.241 e. The van der Waals surface area contributed by atoms with Crippen molar-refractivity contribution >= 4 is 46.7 Å². The number of halogens is 3. The van der Waals surface area contributed by atoms with Crippen LogP contribution in [0.4, 0.5) is 10.1 Å². The summed E-state index contributed by atoms with van der Waals surface area (Å²) in [5.74, 6) is -2.55. The maximum Gasteiger partial charge on any atom is 0.241 e. The Kier molecular flexibility index (Phi) is 5.63. The molecule has 1 saturated heterocycles. The van der Waals surface area contributed by atoms with Gasteiger partial charge in [-0.25, -0.2) is 4.39 Å². The van der Waals surface area contributed by atoms with Crippen LogP contribution < -0.4 is 10.6 Å². The second kappa shape index (κ2) is 8.53. The topological polar surface area (TPSA) is 87.2 Å². The zero-order valence-corrected chi connectivity index (χ0v) is 19.7. The van der Waals surface area contributed by atoms with Crippen LogP contribution in [0, 0.1) is 22.6 Å². The summed E-state index contributed by atoms with van der Waals surface area (Å²) >= 11 is 12.1. The van der Waals surface area contributed by atoms with E-state index in [-0.39, 0.29) is 5.78 Å². The lowest BCUT2D eigenvalue weighted by Gasteiger charge is -2.36. The van der Waals surface area contributed by atoms with E-state index in [4.69, 9.17) is 28.9 Å². The molecule has 8 heteroatoms. The van der Waals surface area contributed by atoms with E-state index >= 15 is 0 Å². The Morgan fingerprint density at radius 1 is 1.00 bits per heavy atom. The fourth-order valence-electron chi connectivity index (χ4n) is 5.29. The van der Waals surface area contributed by atoms with E-state index in [0.29, 0.717) is 32.4 Å². The van der Waals surface area contributed by atoms with Gasteiger partial charge in [-0.05, 0) is 60.2 Å². The van der Waals surface area contributed by atoms with Gasteiger partial charge in [-0.2, -0.15) is 5.26 Å². The number of anilines is 1. The number of primary amides is 1. The number of hydrogen-bond acceptors (Lipinski definition) is 4. The van der Waals surface area contributed by atoms with Crippen LogP contribution in [0.5, 0.6) is 0 Å². The highest BCUT2D eigenvalue weighted by Gasteiger charge is 2.65. The Morgan fingerprint density at radius 3 is 2.23 bits per heavy atom. The molecule has 35 heavy (non-hydrogen) atoms. The Bertz CT molecular complexity index is 1420. The number of amides is 1. The standard InChI is InChI=1S/C27H18Cl2FN3O2/c28-18-6-1-15(2-7-18)23-24(25(34)16-3-8-19(29)9-4-16)33-21-11-10-20(30)13-17(21)5-12-22(33)27(23,14-31)26(32)35/h1-13,22-24H,(H2,32,35)/t22-,23-,24-,27-/m1/s1. The molecule has 0 unspecified atom stereocenters. The van der Waals surface area contributed by atoms with Crippen LogP contribution in [-0.2, 0) is 4.79 Å². The molecule has 4 atom stereocenters. The first-order valence-corrected chi connectivity index (χ1v) is 11.6. The van der Waals surface area contributed by atoms with E-state index in [1.807, 2.05) is 0 Å². The Morgan fingerprint density at radius 2 is 1.63 bits per heavy atom. The van der Waals surface area contributed by atoms with Gasteiger partial charge in [0, 0.05) is 32.8 Å². The minimum atomic E-state index is -1.79. The zero-order valence-electron chi connectivity index (χ0n) is 18.2. The highest BCUT2D eigenvalue weighted by atomic mass is 35.5. The van der Waals surface area contributed by atoms with Crippen molar-refractivity contribution in [3.05, 3.63) is 105 Å². The van der Waals surface area contributed by atoms with Gasteiger partial charge in [0.1, 0.15) is 11.9 Å². The maximum atomic E-state index is 14.1. The van der Waals surface area contributed by atoms with Crippen molar-refractivity contribution in [1.82, 2.24) is 0 Å². The molecule has 0 radical (unpaired) electrons. The third-order valence-corrected chi connectivity index (χ3v) is 7.32. The number of carbonyl (C=O) groups is 2. The number of ketones is 1. The molecule has 174 valence electrons. The van der Waals surface area contributed by atoms with Crippen LogP contribution in [0.2, 0.25) is 10.0 Å². The number of hydrogen-bond donors (Lipinski definition) is 1. The first-order chi connectivity index (χ1) is 16.8. The molecule has 0 aromatic heterocycles. The van der Waals surface area contributed by atoms with Crippen molar-refractivity contribution in [2.45, 2.75) is 18.0 Å². The molecular formula is C27H18Cl2FN3O2. The number of fused-ring (bicyclic) bond motifs is 3. The van der Waals surface area contributed by atoms with Crippen LogP contribution >= 0.6 is 23.2 Å². The van der Waals surface area contributed by atoms with Gasteiger partial charge in [0.05, 0.1) is 12.1 Å². The molecule has 0 bridgehead atoms. The van der Waals surface area contributed by atoms with E-state index in [1.54, 1.807) is 71.6 Å². The third-order valence-electron chi connectivity index (χ3n) is 6.82. The molecule has 1 fully saturated rings. The highest BCUT2D eigenvalue weighted by Crippen LogP contribution is 2.55. The number of rotatable bonds is 4. The average molecular weight is 506 g/mol. The van der Waals surface area contributed by atoms with E-state index < -0.39 is 35.1 Å². The molecule has 0 saturated carbocycles. The molecule has 2 aliphatic heterocycles. The van der Waals surface area contributed by atoms with Gasteiger partial charge in [-0.3, -0.25) is 9.59 Å². The summed E-state index contributed by atoms with van der Waals surface area (Å²) in [6, 6.07) is 17.6. The van der Waals surface area contributed by atoms with Crippen molar-refractivity contribution in [2.75, 3.05) is 4.90 Å². The highest BCUT2D eigenvalue weighted by molar-refractivity contribution is 6.31. The summed E-state index contributed by atoms with van der Waals surface area (Å²) in [5.41, 5.74) is 6.13. The van der Waals surface area contributed by atoms with Gasteiger partial charge in [0.25, 0.3) is 0 Å². The van der Waals surface area contributed by atoms with Crippen LogP contribution in [-0.4, -0.2) is 23.8 Å². The average Bonchev–Trinajstić information content (AvgIpc) is 3.16. The molecule has 2 N–H and O–H groups in total. The van der Waals surface area contributed by atoms with E-state index in [9.17, 15) is 19.2 Å². The lowest BCUT2D eigenvalue weighted by Crippen LogP contribution is -2.49. The van der Waals surface area contributed by atoms with Crippen molar-refractivity contribution in [3.8, 4) is 6.07 Å². The Labute approximate surface area is 211 Å². The molecule has 3 aromatic carbocycles. The third kappa shape index (κ3) is 3.51. The number of carbonyl (C=O) groups excluding carboxylic acids is 2. The Balaban J connectivity index is 1.80. The monoisotopic (exact) mass is 505 g/mol. The number of nitriles is 1. The largest absolute Gasteiger partial charge is 0.368 e. The lowest BCUT2D eigenvalue weighted by molar-refractivity contribution is -0.125. The fourth-order valence-corrected chi connectivity index (χ4v) is 5.54. The minimum absolute atomic E-state index is 0.324. The predicted molar refractivity (Wildman–Crippen MR) is 133 cm³/mol. The number of nitrogens with zero attached hydrogens (tertiary/aromatic N) is 2. The SMILES string of the molecule is N#C[C@]1(C(N)=O)[C@H](c2ccc(Cl)cc2)[C@H](C(=O)c2ccc(Cl)cc2)N2c3ccc(F)cc3C=C[C@@H]21. The first kappa shape index (κ1) is 23.1. The van der Waals surface area contributed by atoms with Crippen molar-refractivity contribution in [1.29, 1.82) is 5.26 Å². The van der Waals surface area contributed by atoms with Crippen molar-refractivity contribution < 1.29 is 14.0 Å². The first-order valence-electron chi connectivity index (χ1n) is 10.8. The molecule has 0 spiro atoms. The summed E-state index contributed by atoms with van der Waals surface area (Å²) < 4.78 is 14.1.